The van der Waals surface area contributed by atoms with Crippen molar-refractivity contribution < 1.29 is 9.53 Å². The highest BCUT2D eigenvalue weighted by molar-refractivity contribution is 7.07. The quantitative estimate of drug-likeness (QED) is 0.400. The SMILES string of the molecule is Cc1cc(C(=O)Nc2ccccc2OCc2cscn2)c(C)n1-c1ccc(Cl)cc1. The first kappa shape index (κ1) is 20.2. The number of aryl methyl sites for hydroxylation is 1. The average molecular weight is 438 g/mol. The largest absolute Gasteiger partial charge is 0.485 e. The Balaban J connectivity index is 1.56. The van der Waals surface area contributed by atoms with Crippen LogP contribution in [0.1, 0.15) is 27.4 Å². The molecule has 1 N–H and O–H groups in total. The third-order valence-electron chi connectivity index (χ3n) is 4.75. The van der Waals surface area contributed by atoms with Gasteiger partial charge >= 0.3 is 0 Å². The predicted molar refractivity (Wildman–Crippen MR) is 121 cm³/mol. The number of para-hydroxylation sites is 2. The van der Waals surface area contributed by atoms with Gasteiger partial charge in [-0.2, -0.15) is 0 Å². The van der Waals surface area contributed by atoms with Crippen molar-refractivity contribution in [2.75, 3.05) is 5.32 Å². The second-order valence-corrected chi connectivity index (χ2v) is 7.97. The van der Waals surface area contributed by atoms with Gasteiger partial charge in [-0.1, -0.05) is 23.7 Å². The number of aromatic nitrogens is 2. The van der Waals surface area contributed by atoms with Crippen LogP contribution in [0.4, 0.5) is 5.69 Å². The first-order valence-electron chi connectivity index (χ1n) is 9.38. The molecule has 0 aliphatic heterocycles. The number of ether oxygens (including phenoxy) is 1. The Morgan fingerprint density at radius 1 is 1.17 bits per heavy atom. The van der Waals surface area contributed by atoms with Crippen LogP contribution in [-0.4, -0.2) is 15.5 Å². The van der Waals surface area contributed by atoms with E-state index in [1.807, 2.05) is 78.4 Å². The Bertz CT molecular complexity index is 1170. The van der Waals surface area contributed by atoms with Crippen molar-refractivity contribution in [3.63, 3.8) is 0 Å². The minimum Gasteiger partial charge on any atom is -0.485 e. The van der Waals surface area contributed by atoms with Gasteiger partial charge in [-0.05, 0) is 56.3 Å². The van der Waals surface area contributed by atoms with Gasteiger partial charge < -0.3 is 14.6 Å². The summed E-state index contributed by atoms with van der Waals surface area (Å²) in [6.07, 6.45) is 0. The lowest BCUT2D eigenvalue weighted by Gasteiger charge is -2.12. The molecule has 0 radical (unpaired) electrons. The first-order chi connectivity index (χ1) is 14.5. The summed E-state index contributed by atoms with van der Waals surface area (Å²) in [4.78, 5) is 17.3. The molecule has 0 saturated heterocycles. The number of anilines is 1. The van der Waals surface area contributed by atoms with E-state index in [1.165, 1.54) is 11.3 Å². The normalized spacial score (nSPS) is 10.8. The number of carbonyl (C=O) groups is 1. The third-order valence-corrected chi connectivity index (χ3v) is 5.64. The highest BCUT2D eigenvalue weighted by atomic mass is 35.5. The minimum absolute atomic E-state index is 0.187. The summed E-state index contributed by atoms with van der Waals surface area (Å²) in [5.74, 6) is 0.415. The van der Waals surface area contributed by atoms with Gasteiger partial charge in [0.25, 0.3) is 5.91 Å². The van der Waals surface area contributed by atoms with Crippen molar-refractivity contribution in [2.24, 2.45) is 0 Å². The van der Waals surface area contributed by atoms with Crippen LogP contribution in [0.25, 0.3) is 5.69 Å². The van der Waals surface area contributed by atoms with Crippen molar-refractivity contribution in [1.29, 1.82) is 0 Å². The summed E-state index contributed by atoms with van der Waals surface area (Å²) < 4.78 is 7.91. The monoisotopic (exact) mass is 437 g/mol. The Morgan fingerprint density at radius 3 is 2.67 bits per heavy atom. The van der Waals surface area contributed by atoms with Gasteiger partial charge in [0.2, 0.25) is 0 Å². The molecule has 0 aliphatic rings. The van der Waals surface area contributed by atoms with Gasteiger partial charge in [-0.25, -0.2) is 4.98 Å². The van der Waals surface area contributed by atoms with E-state index in [4.69, 9.17) is 16.3 Å². The number of carbonyl (C=O) groups excluding carboxylic acids is 1. The number of halogens is 1. The van der Waals surface area contributed by atoms with Crippen LogP contribution in [0, 0.1) is 13.8 Å². The zero-order valence-electron chi connectivity index (χ0n) is 16.6. The van der Waals surface area contributed by atoms with Gasteiger partial charge in [0.05, 0.1) is 22.5 Å². The maximum Gasteiger partial charge on any atom is 0.257 e. The molecule has 0 spiro atoms. The molecule has 5 nitrogen and oxygen atoms in total. The van der Waals surface area contributed by atoms with Crippen molar-refractivity contribution in [3.05, 3.63) is 93.2 Å². The van der Waals surface area contributed by atoms with Crippen LogP contribution in [0.15, 0.2) is 65.5 Å². The van der Waals surface area contributed by atoms with Gasteiger partial charge in [0.1, 0.15) is 12.4 Å². The lowest BCUT2D eigenvalue weighted by atomic mass is 10.2. The highest BCUT2D eigenvalue weighted by Gasteiger charge is 2.18. The fraction of sp³-hybridized carbons (Fsp3) is 0.130. The fourth-order valence-electron chi connectivity index (χ4n) is 3.33. The highest BCUT2D eigenvalue weighted by Crippen LogP contribution is 2.27. The second-order valence-electron chi connectivity index (χ2n) is 6.82. The summed E-state index contributed by atoms with van der Waals surface area (Å²) in [7, 11) is 0. The van der Waals surface area contributed by atoms with Crippen LogP contribution >= 0.6 is 22.9 Å². The molecule has 7 heteroatoms. The Kier molecular flexibility index (Phi) is 5.88. The Labute approximate surface area is 183 Å². The van der Waals surface area contributed by atoms with E-state index in [9.17, 15) is 4.79 Å². The van der Waals surface area contributed by atoms with Gasteiger partial charge in [-0.15, -0.1) is 11.3 Å². The molecule has 2 aromatic heterocycles. The van der Waals surface area contributed by atoms with Crippen molar-refractivity contribution >= 4 is 34.5 Å². The molecule has 0 aliphatic carbocycles. The van der Waals surface area contributed by atoms with E-state index in [1.54, 1.807) is 5.51 Å². The summed E-state index contributed by atoms with van der Waals surface area (Å²) in [6.45, 7) is 4.26. The number of thiazole rings is 1. The molecule has 0 saturated carbocycles. The van der Waals surface area contributed by atoms with Crippen LogP contribution in [0.3, 0.4) is 0 Å². The fourth-order valence-corrected chi connectivity index (χ4v) is 4.00. The molecular weight excluding hydrogens is 418 g/mol. The van der Waals surface area contributed by atoms with Crippen LogP contribution in [0.2, 0.25) is 5.02 Å². The average Bonchev–Trinajstić information content (AvgIpc) is 3.36. The smallest absolute Gasteiger partial charge is 0.257 e. The maximum absolute atomic E-state index is 13.1. The number of nitrogens with zero attached hydrogens (tertiary/aromatic N) is 2. The first-order valence-corrected chi connectivity index (χ1v) is 10.7. The molecule has 2 heterocycles. The molecule has 0 atom stereocenters. The molecule has 0 unspecified atom stereocenters. The standard InChI is InChI=1S/C23H20ClN3O2S/c1-15-11-20(16(2)27(15)19-9-7-17(24)8-10-19)23(28)26-21-5-3-4-6-22(21)29-12-18-13-30-14-25-18/h3-11,13-14H,12H2,1-2H3,(H,26,28). The van der Waals surface area contributed by atoms with E-state index < -0.39 is 0 Å². The third kappa shape index (κ3) is 4.25. The number of rotatable bonds is 6. The number of benzene rings is 2. The second kappa shape index (κ2) is 8.73. The molecule has 4 aromatic rings. The maximum atomic E-state index is 13.1. The van der Waals surface area contributed by atoms with Gasteiger partial charge in [-0.3, -0.25) is 4.79 Å². The van der Waals surface area contributed by atoms with Gasteiger partial charge in [0, 0.05) is 27.5 Å². The Morgan fingerprint density at radius 2 is 1.93 bits per heavy atom. The van der Waals surface area contributed by atoms with Crippen molar-refractivity contribution in [2.45, 2.75) is 20.5 Å². The molecule has 30 heavy (non-hydrogen) atoms. The summed E-state index contributed by atoms with van der Waals surface area (Å²) in [5.41, 5.74) is 6.63. The molecule has 0 fully saturated rings. The lowest BCUT2D eigenvalue weighted by molar-refractivity contribution is 0.102. The molecule has 0 bridgehead atoms. The number of hydrogen-bond donors (Lipinski definition) is 1. The van der Waals surface area contributed by atoms with Crippen LogP contribution in [-0.2, 0) is 6.61 Å². The summed E-state index contributed by atoms with van der Waals surface area (Å²) in [6, 6.07) is 16.8. The molecule has 2 aromatic carbocycles. The minimum atomic E-state index is -0.187. The van der Waals surface area contributed by atoms with Crippen molar-refractivity contribution in [3.8, 4) is 11.4 Å². The zero-order valence-corrected chi connectivity index (χ0v) is 18.1. The summed E-state index contributed by atoms with van der Waals surface area (Å²) >= 11 is 7.53. The molecule has 4 rings (SSSR count). The van der Waals surface area contributed by atoms with Crippen LogP contribution < -0.4 is 10.1 Å². The number of nitrogens with one attached hydrogen (secondary N) is 1. The van der Waals surface area contributed by atoms with E-state index in [2.05, 4.69) is 10.3 Å². The summed E-state index contributed by atoms with van der Waals surface area (Å²) in [5, 5.41) is 5.59. The van der Waals surface area contributed by atoms with E-state index >= 15 is 0 Å². The van der Waals surface area contributed by atoms with Crippen molar-refractivity contribution in [1.82, 2.24) is 9.55 Å². The Hall–Kier alpha value is -3.09. The zero-order chi connectivity index (χ0) is 21.1. The van der Waals surface area contributed by atoms with Gasteiger partial charge in [0.15, 0.2) is 0 Å². The topological polar surface area (TPSA) is 56.1 Å². The number of hydrogen-bond acceptors (Lipinski definition) is 4. The van der Waals surface area contributed by atoms with E-state index in [0.29, 0.717) is 28.6 Å². The van der Waals surface area contributed by atoms with Crippen LogP contribution in [0.5, 0.6) is 5.75 Å². The molecular formula is C23H20ClN3O2S. The lowest BCUT2D eigenvalue weighted by Crippen LogP contribution is -2.14. The molecule has 1 amide bonds. The predicted octanol–water partition coefficient (Wildman–Crippen LogP) is 6.04. The van der Waals surface area contributed by atoms with E-state index in [0.717, 1.165) is 22.8 Å². The number of amides is 1. The van der Waals surface area contributed by atoms with E-state index in [-0.39, 0.29) is 5.91 Å². The molecule has 152 valence electrons.